The molecule has 1 fully saturated rings. The zero-order chi connectivity index (χ0) is 12.2. The molecule has 6 heteroatoms. The summed E-state index contributed by atoms with van der Waals surface area (Å²) in [6.45, 7) is 1.77. The summed E-state index contributed by atoms with van der Waals surface area (Å²) in [4.78, 5) is 29.8. The minimum atomic E-state index is -0.408. The summed E-state index contributed by atoms with van der Waals surface area (Å²) in [6.07, 6.45) is 3.34. The third kappa shape index (κ3) is 1.50. The van der Waals surface area contributed by atoms with Crippen molar-refractivity contribution < 1.29 is 0 Å². The Morgan fingerprint density at radius 1 is 1.47 bits per heavy atom. The normalized spacial score (nSPS) is 15.4. The fraction of sp³-hybridized carbons (Fsp3) is 0.364. The smallest absolute Gasteiger partial charge is 0.290 e. The average Bonchev–Trinajstić information content (AvgIpc) is 3.08. The molecule has 0 unspecified atom stereocenters. The Morgan fingerprint density at radius 2 is 2.18 bits per heavy atom. The highest BCUT2D eigenvalue weighted by atomic mass is 35.5. The third-order valence-corrected chi connectivity index (χ3v) is 3.44. The Bertz CT molecular complexity index is 728. The van der Waals surface area contributed by atoms with Gasteiger partial charge in [0.25, 0.3) is 5.56 Å². The zero-order valence-corrected chi connectivity index (χ0v) is 9.91. The second-order valence-corrected chi connectivity index (χ2v) is 4.65. The van der Waals surface area contributed by atoms with Crippen molar-refractivity contribution >= 4 is 22.5 Å². The summed E-state index contributed by atoms with van der Waals surface area (Å²) in [6, 6.07) is 0.180. The van der Waals surface area contributed by atoms with Gasteiger partial charge in [-0.1, -0.05) is 11.6 Å². The molecule has 3 rings (SSSR count). The second kappa shape index (κ2) is 3.43. The van der Waals surface area contributed by atoms with Crippen LogP contribution in [0.15, 0.2) is 15.8 Å². The van der Waals surface area contributed by atoms with Crippen molar-refractivity contribution in [2.24, 2.45) is 0 Å². The Labute approximate surface area is 101 Å². The predicted octanol–water partition coefficient (Wildman–Crippen LogP) is 1.38. The van der Waals surface area contributed by atoms with Gasteiger partial charge in [0, 0.05) is 17.8 Å². The number of nitrogens with one attached hydrogen (secondary N) is 1. The minimum absolute atomic E-state index is 0.180. The molecule has 0 radical (unpaired) electrons. The number of hydrogen-bond donors (Lipinski definition) is 1. The molecule has 0 atom stereocenters. The first-order chi connectivity index (χ1) is 8.09. The molecule has 2 heterocycles. The van der Waals surface area contributed by atoms with E-state index in [1.807, 2.05) is 0 Å². The van der Waals surface area contributed by atoms with E-state index in [9.17, 15) is 9.59 Å². The van der Waals surface area contributed by atoms with Gasteiger partial charge in [-0.25, -0.2) is 9.78 Å². The molecule has 0 saturated heterocycles. The molecule has 17 heavy (non-hydrogen) atoms. The molecule has 1 saturated carbocycles. The molecular weight excluding hydrogens is 242 g/mol. The van der Waals surface area contributed by atoms with Gasteiger partial charge in [-0.3, -0.25) is 14.3 Å². The van der Waals surface area contributed by atoms with Gasteiger partial charge in [0.2, 0.25) is 0 Å². The highest BCUT2D eigenvalue weighted by molar-refractivity contribution is 6.30. The van der Waals surface area contributed by atoms with Gasteiger partial charge < -0.3 is 0 Å². The van der Waals surface area contributed by atoms with E-state index < -0.39 is 5.56 Å². The predicted molar refractivity (Wildman–Crippen MR) is 64.6 cm³/mol. The molecule has 2 aromatic heterocycles. The molecule has 0 aliphatic heterocycles. The Hall–Kier alpha value is -1.62. The van der Waals surface area contributed by atoms with Gasteiger partial charge in [0.15, 0.2) is 0 Å². The number of halogens is 1. The molecule has 0 aromatic carbocycles. The number of aromatic amines is 1. The first-order valence-electron chi connectivity index (χ1n) is 5.39. The maximum atomic E-state index is 11.8. The van der Waals surface area contributed by atoms with Crippen LogP contribution < -0.4 is 11.2 Å². The lowest BCUT2D eigenvalue weighted by molar-refractivity contribution is 0.706. The van der Waals surface area contributed by atoms with Crippen molar-refractivity contribution in [3.05, 3.63) is 37.8 Å². The van der Waals surface area contributed by atoms with Crippen LogP contribution in [0.2, 0.25) is 5.15 Å². The summed E-state index contributed by atoms with van der Waals surface area (Å²) in [5, 5.41) is 0.746. The molecular formula is C11H10ClN3O2. The van der Waals surface area contributed by atoms with E-state index in [1.165, 1.54) is 6.20 Å². The van der Waals surface area contributed by atoms with E-state index in [-0.39, 0.29) is 11.7 Å². The van der Waals surface area contributed by atoms with Gasteiger partial charge in [-0.15, -0.1) is 0 Å². The van der Waals surface area contributed by atoms with Crippen LogP contribution in [-0.4, -0.2) is 14.5 Å². The number of aryl methyl sites for hydroxylation is 1. The largest absolute Gasteiger partial charge is 0.329 e. The van der Waals surface area contributed by atoms with Crippen LogP contribution in [0.4, 0.5) is 0 Å². The molecule has 0 spiro atoms. The number of fused-ring (bicyclic) bond motifs is 1. The lowest BCUT2D eigenvalue weighted by Crippen LogP contribution is -2.30. The number of rotatable bonds is 1. The van der Waals surface area contributed by atoms with Crippen molar-refractivity contribution in [2.75, 3.05) is 0 Å². The van der Waals surface area contributed by atoms with E-state index in [1.54, 1.807) is 11.5 Å². The minimum Gasteiger partial charge on any atom is -0.290 e. The lowest BCUT2D eigenvalue weighted by atomic mass is 10.2. The van der Waals surface area contributed by atoms with Crippen molar-refractivity contribution in [3.63, 3.8) is 0 Å². The first kappa shape index (κ1) is 10.5. The Morgan fingerprint density at radius 3 is 2.82 bits per heavy atom. The number of pyridine rings is 1. The van der Waals surface area contributed by atoms with E-state index >= 15 is 0 Å². The van der Waals surface area contributed by atoms with Crippen LogP contribution in [0.1, 0.15) is 24.4 Å². The van der Waals surface area contributed by atoms with Crippen LogP contribution in [0, 0.1) is 6.92 Å². The van der Waals surface area contributed by atoms with Crippen molar-refractivity contribution in [1.29, 1.82) is 0 Å². The molecule has 88 valence electrons. The lowest BCUT2D eigenvalue weighted by Gasteiger charge is -2.10. The van der Waals surface area contributed by atoms with Crippen LogP contribution in [-0.2, 0) is 0 Å². The maximum Gasteiger partial charge on any atom is 0.329 e. The Kier molecular flexibility index (Phi) is 2.13. The third-order valence-electron chi connectivity index (χ3n) is 3.06. The van der Waals surface area contributed by atoms with Gasteiger partial charge in [0.1, 0.15) is 5.15 Å². The molecule has 0 amide bonds. The molecule has 0 bridgehead atoms. The van der Waals surface area contributed by atoms with Gasteiger partial charge in [-0.2, -0.15) is 0 Å². The zero-order valence-electron chi connectivity index (χ0n) is 9.16. The van der Waals surface area contributed by atoms with Crippen LogP contribution in [0.3, 0.4) is 0 Å². The van der Waals surface area contributed by atoms with Gasteiger partial charge >= 0.3 is 5.69 Å². The average molecular weight is 252 g/mol. The highest BCUT2D eigenvalue weighted by Crippen LogP contribution is 2.36. The standard InChI is InChI=1S/C11H10ClN3O2/c1-5-8-7(4-13-9(5)12)10(16)14-11(17)15(8)6-2-3-6/h4,6H,2-3H2,1H3,(H,14,16,17). The summed E-state index contributed by atoms with van der Waals surface area (Å²) >= 11 is 5.95. The first-order valence-corrected chi connectivity index (χ1v) is 5.77. The SMILES string of the molecule is Cc1c(Cl)ncc2c(=O)[nH]c(=O)n(C3CC3)c12. The van der Waals surface area contributed by atoms with Gasteiger partial charge in [0.05, 0.1) is 10.9 Å². The van der Waals surface area contributed by atoms with Crippen LogP contribution in [0.25, 0.3) is 10.9 Å². The molecule has 5 nitrogen and oxygen atoms in total. The highest BCUT2D eigenvalue weighted by Gasteiger charge is 2.28. The fourth-order valence-corrected chi connectivity index (χ4v) is 2.20. The Balaban J connectivity index is 2.57. The summed E-state index contributed by atoms with van der Waals surface area (Å²) in [5.41, 5.74) is 0.519. The molecule has 1 aliphatic carbocycles. The fourth-order valence-electron chi connectivity index (χ4n) is 2.06. The van der Waals surface area contributed by atoms with E-state index in [4.69, 9.17) is 11.6 Å². The van der Waals surface area contributed by atoms with Crippen molar-refractivity contribution in [2.45, 2.75) is 25.8 Å². The molecule has 1 aliphatic rings. The monoisotopic (exact) mass is 251 g/mol. The number of aromatic nitrogens is 3. The number of hydrogen-bond acceptors (Lipinski definition) is 3. The summed E-state index contributed by atoms with van der Waals surface area (Å²) < 4.78 is 1.62. The topological polar surface area (TPSA) is 67.8 Å². The van der Waals surface area contributed by atoms with Gasteiger partial charge in [-0.05, 0) is 19.8 Å². The maximum absolute atomic E-state index is 11.8. The van der Waals surface area contributed by atoms with E-state index in [2.05, 4.69) is 9.97 Å². The molecule has 2 aromatic rings. The molecule has 1 N–H and O–H groups in total. The number of nitrogens with zero attached hydrogens (tertiary/aromatic N) is 2. The van der Waals surface area contributed by atoms with E-state index in [0.717, 1.165) is 12.8 Å². The van der Waals surface area contributed by atoms with Crippen molar-refractivity contribution in [1.82, 2.24) is 14.5 Å². The quantitative estimate of drug-likeness (QED) is 0.779. The second-order valence-electron chi connectivity index (χ2n) is 4.30. The van der Waals surface area contributed by atoms with Crippen molar-refractivity contribution in [3.8, 4) is 0 Å². The number of H-pyrrole nitrogens is 1. The van der Waals surface area contributed by atoms with Crippen LogP contribution >= 0.6 is 11.6 Å². The summed E-state index contributed by atoms with van der Waals surface area (Å²) in [7, 11) is 0. The van der Waals surface area contributed by atoms with Crippen LogP contribution in [0.5, 0.6) is 0 Å². The summed E-state index contributed by atoms with van der Waals surface area (Å²) in [5.74, 6) is 0. The van der Waals surface area contributed by atoms with E-state index in [0.29, 0.717) is 21.6 Å².